The predicted octanol–water partition coefficient (Wildman–Crippen LogP) is 2.32. The number of nitrogens with zero attached hydrogens (tertiary/aromatic N) is 1. The third kappa shape index (κ3) is 4.66. The molecule has 0 aliphatic carbocycles. The van der Waals surface area contributed by atoms with Crippen molar-refractivity contribution in [2.45, 2.75) is 12.8 Å². The van der Waals surface area contributed by atoms with E-state index in [4.69, 9.17) is 25.8 Å². The Bertz CT molecular complexity index is 649. The van der Waals surface area contributed by atoms with Crippen molar-refractivity contribution >= 4 is 23.5 Å². The molecule has 1 saturated heterocycles. The first-order valence-electron chi connectivity index (χ1n) is 8.36. The largest absolute Gasteiger partial charge is 0.490 e. The van der Waals surface area contributed by atoms with Gasteiger partial charge in [-0.05, 0) is 31.0 Å². The molecule has 0 aromatic heterocycles. The van der Waals surface area contributed by atoms with Gasteiger partial charge in [0, 0.05) is 32.3 Å². The monoisotopic (exact) mass is 385 g/mol. The van der Waals surface area contributed by atoms with Gasteiger partial charge in [-0.1, -0.05) is 11.6 Å². The highest BCUT2D eigenvalue weighted by Crippen LogP contribution is 2.33. The summed E-state index contributed by atoms with van der Waals surface area (Å²) in [5.74, 6) is -0.865. The molecule has 1 fully saturated rings. The van der Waals surface area contributed by atoms with Gasteiger partial charge in [-0.15, -0.1) is 0 Å². The molecule has 1 aromatic rings. The van der Waals surface area contributed by atoms with Crippen LogP contribution < -0.4 is 4.74 Å². The fraction of sp³-hybridized carbons (Fsp3) is 0.556. The lowest BCUT2D eigenvalue weighted by molar-refractivity contribution is -0.155. The fourth-order valence-electron chi connectivity index (χ4n) is 3.14. The summed E-state index contributed by atoms with van der Waals surface area (Å²) < 4.78 is 15.7. The number of likely N-dealkylation sites (tertiary alicyclic amines) is 1. The molecule has 1 aliphatic heterocycles. The minimum absolute atomic E-state index is 0.0544. The maximum atomic E-state index is 13.0. The summed E-state index contributed by atoms with van der Waals surface area (Å²) >= 11 is 6.05. The average Bonchev–Trinajstić information content (AvgIpc) is 2.63. The molecular weight excluding hydrogens is 362 g/mol. The highest BCUT2D eigenvalue weighted by molar-refractivity contribution is 6.31. The van der Waals surface area contributed by atoms with Crippen LogP contribution in [-0.2, 0) is 14.3 Å². The number of amides is 1. The van der Waals surface area contributed by atoms with Crippen molar-refractivity contribution < 1.29 is 28.9 Å². The lowest BCUT2D eigenvalue weighted by Gasteiger charge is -2.39. The van der Waals surface area contributed by atoms with Crippen molar-refractivity contribution in [2.24, 2.45) is 5.41 Å². The maximum Gasteiger partial charge on any atom is 0.313 e. The number of benzene rings is 1. The number of hydrogen-bond acceptors (Lipinski definition) is 5. The molecule has 1 aromatic carbocycles. The Kier molecular flexibility index (Phi) is 7.25. The number of carbonyl (C=O) groups excluding carboxylic acids is 1. The standard InChI is InChI=1S/C18H24ClNO6/c1-24-8-9-26-15-5-4-13(19)10-14(15)16(21)20-7-3-6-18(11-20,12-25-2)17(22)23/h4-5,10H,3,6-9,11-12H2,1-2H3,(H,22,23). The smallest absolute Gasteiger partial charge is 0.313 e. The second kappa shape index (κ2) is 9.21. The first kappa shape index (κ1) is 20.5. The molecule has 0 saturated carbocycles. The van der Waals surface area contributed by atoms with E-state index in [9.17, 15) is 14.7 Å². The summed E-state index contributed by atoms with van der Waals surface area (Å²) in [5.41, 5.74) is -0.787. The van der Waals surface area contributed by atoms with E-state index < -0.39 is 11.4 Å². The van der Waals surface area contributed by atoms with Gasteiger partial charge < -0.3 is 24.2 Å². The Morgan fingerprint density at radius 2 is 2.04 bits per heavy atom. The SMILES string of the molecule is COCCOc1ccc(Cl)cc1C(=O)N1CCCC(COC)(C(=O)O)C1. The van der Waals surface area contributed by atoms with Gasteiger partial charge in [-0.3, -0.25) is 9.59 Å². The van der Waals surface area contributed by atoms with Crippen molar-refractivity contribution in [1.29, 1.82) is 0 Å². The summed E-state index contributed by atoms with van der Waals surface area (Å²) in [4.78, 5) is 26.4. The summed E-state index contributed by atoms with van der Waals surface area (Å²) in [5, 5.41) is 10.1. The van der Waals surface area contributed by atoms with E-state index in [1.165, 1.54) is 12.0 Å². The van der Waals surface area contributed by atoms with Crippen LogP contribution in [0, 0.1) is 5.41 Å². The number of carboxylic acid groups (broad SMARTS) is 1. The van der Waals surface area contributed by atoms with Crippen LogP contribution in [0.1, 0.15) is 23.2 Å². The topological polar surface area (TPSA) is 85.3 Å². The van der Waals surface area contributed by atoms with E-state index in [0.717, 1.165) is 0 Å². The quantitative estimate of drug-likeness (QED) is 0.691. The van der Waals surface area contributed by atoms with Crippen LogP contribution in [0.25, 0.3) is 0 Å². The highest BCUT2D eigenvalue weighted by Gasteiger charge is 2.44. The molecule has 1 atom stereocenters. The third-order valence-corrected chi connectivity index (χ3v) is 4.69. The van der Waals surface area contributed by atoms with Crippen LogP contribution in [0.5, 0.6) is 5.75 Å². The molecule has 0 radical (unpaired) electrons. The van der Waals surface area contributed by atoms with Gasteiger partial charge >= 0.3 is 5.97 Å². The minimum Gasteiger partial charge on any atom is -0.490 e. The number of methoxy groups -OCH3 is 2. The van der Waals surface area contributed by atoms with Crippen LogP contribution in [0.4, 0.5) is 0 Å². The predicted molar refractivity (Wildman–Crippen MR) is 95.9 cm³/mol. The van der Waals surface area contributed by atoms with Gasteiger partial charge in [-0.25, -0.2) is 0 Å². The Morgan fingerprint density at radius 3 is 2.69 bits per heavy atom. The zero-order chi connectivity index (χ0) is 19.2. The fourth-order valence-corrected chi connectivity index (χ4v) is 3.31. The van der Waals surface area contributed by atoms with E-state index in [1.54, 1.807) is 25.3 Å². The number of halogens is 1. The van der Waals surface area contributed by atoms with Crippen LogP contribution in [-0.4, -0.2) is 69.0 Å². The van der Waals surface area contributed by atoms with Gasteiger partial charge in [0.05, 0.1) is 18.8 Å². The van der Waals surface area contributed by atoms with E-state index in [1.807, 2.05) is 0 Å². The van der Waals surface area contributed by atoms with E-state index >= 15 is 0 Å². The molecule has 1 unspecified atom stereocenters. The zero-order valence-electron chi connectivity index (χ0n) is 15.0. The summed E-state index contributed by atoms with van der Waals surface area (Å²) in [6, 6.07) is 4.82. The molecule has 0 bridgehead atoms. The zero-order valence-corrected chi connectivity index (χ0v) is 15.8. The molecule has 1 N–H and O–H groups in total. The minimum atomic E-state index is -1.10. The van der Waals surface area contributed by atoms with E-state index in [2.05, 4.69) is 0 Å². The van der Waals surface area contributed by atoms with Crippen molar-refractivity contribution in [1.82, 2.24) is 4.90 Å². The first-order valence-corrected chi connectivity index (χ1v) is 8.74. The Morgan fingerprint density at radius 1 is 1.27 bits per heavy atom. The molecule has 2 rings (SSSR count). The number of carbonyl (C=O) groups is 2. The number of rotatable bonds is 8. The Hall–Kier alpha value is -1.83. The Labute approximate surface area is 157 Å². The first-order chi connectivity index (χ1) is 12.4. The van der Waals surface area contributed by atoms with Gasteiger partial charge in [-0.2, -0.15) is 0 Å². The average molecular weight is 386 g/mol. The van der Waals surface area contributed by atoms with Crippen molar-refractivity contribution in [3.8, 4) is 5.75 Å². The number of ether oxygens (including phenoxy) is 3. The lowest BCUT2D eigenvalue weighted by atomic mass is 9.80. The Balaban J connectivity index is 2.24. The second-order valence-electron chi connectivity index (χ2n) is 6.33. The molecule has 7 nitrogen and oxygen atoms in total. The summed E-state index contributed by atoms with van der Waals surface area (Å²) in [6.07, 6.45) is 1.05. The molecule has 8 heteroatoms. The van der Waals surface area contributed by atoms with Gasteiger partial charge in [0.1, 0.15) is 17.8 Å². The normalized spacial score (nSPS) is 20.0. The van der Waals surface area contributed by atoms with Crippen molar-refractivity contribution in [3.63, 3.8) is 0 Å². The third-order valence-electron chi connectivity index (χ3n) is 4.46. The van der Waals surface area contributed by atoms with Gasteiger partial charge in [0.25, 0.3) is 5.91 Å². The number of aliphatic carboxylic acids is 1. The van der Waals surface area contributed by atoms with Crippen molar-refractivity contribution in [3.05, 3.63) is 28.8 Å². The highest BCUT2D eigenvalue weighted by atomic mass is 35.5. The molecule has 144 valence electrons. The second-order valence-corrected chi connectivity index (χ2v) is 6.77. The number of hydrogen-bond donors (Lipinski definition) is 1. The summed E-state index contributed by atoms with van der Waals surface area (Å²) in [7, 11) is 3.02. The van der Waals surface area contributed by atoms with Crippen LogP contribution in [0.15, 0.2) is 18.2 Å². The molecule has 1 heterocycles. The molecule has 1 amide bonds. The van der Waals surface area contributed by atoms with E-state index in [0.29, 0.717) is 48.9 Å². The van der Waals surface area contributed by atoms with Crippen LogP contribution >= 0.6 is 11.6 Å². The van der Waals surface area contributed by atoms with Gasteiger partial charge in [0.2, 0.25) is 0 Å². The molecule has 26 heavy (non-hydrogen) atoms. The number of carboxylic acids is 1. The van der Waals surface area contributed by atoms with Crippen molar-refractivity contribution in [2.75, 3.05) is 47.1 Å². The molecular formula is C18H24ClNO6. The maximum absolute atomic E-state index is 13.0. The van der Waals surface area contributed by atoms with E-state index in [-0.39, 0.29) is 19.1 Å². The van der Waals surface area contributed by atoms with Crippen LogP contribution in [0.2, 0.25) is 5.02 Å². The lowest BCUT2D eigenvalue weighted by Crippen LogP contribution is -2.52. The summed E-state index contributed by atoms with van der Waals surface area (Å²) in [6.45, 7) is 1.29. The number of piperidine rings is 1. The molecule has 1 aliphatic rings. The molecule has 0 spiro atoms. The van der Waals surface area contributed by atoms with Gasteiger partial charge in [0.15, 0.2) is 0 Å². The van der Waals surface area contributed by atoms with Crippen LogP contribution in [0.3, 0.4) is 0 Å².